The highest BCUT2D eigenvalue weighted by Gasteiger charge is 2.35. The topological polar surface area (TPSA) is 58.2 Å². The van der Waals surface area contributed by atoms with Crippen molar-refractivity contribution in [2.24, 2.45) is 5.41 Å². The van der Waals surface area contributed by atoms with E-state index in [2.05, 4.69) is 26.6 Å². The first-order valence-electron chi connectivity index (χ1n) is 7.70. The van der Waals surface area contributed by atoms with Gasteiger partial charge >= 0.3 is 0 Å². The fourth-order valence-electron chi connectivity index (χ4n) is 2.15. The molecular formula is C19H21BrN2O2. The van der Waals surface area contributed by atoms with Crippen molar-refractivity contribution in [1.82, 2.24) is 5.32 Å². The van der Waals surface area contributed by atoms with Crippen LogP contribution in [0.5, 0.6) is 0 Å². The summed E-state index contributed by atoms with van der Waals surface area (Å²) >= 11 is 3.35. The van der Waals surface area contributed by atoms with Gasteiger partial charge in [0.2, 0.25) is 11.8 Å². The number of hydrogen-bond donors (Lipinski definition) is 2. The predicted molar refractivity (Wildman–Crippen MR) is 99.6 cm³/mol. The van der Waals surface area contributed by atoms with Gasteiger partial charge in [0.1, 0.15) is 5.41 Å². The first kappa shape index (κ1) is 18.2. The Kier molecular flexibility index (Phi) is 5.78. The molecule has 0 unspecified atom stereocenters. The average molecular weight is 389 g/mol. The van der Waals surface area contributed by atoms with Crippen LogP contribution >= 0.6 is 15.9 Å². The predicted octanol–water partition coefficient (Wildman–Crippen LogP) is 4.04. The number of aryl methyl sites for hydroxylation is 1. The highest BCUT2D eigenvalue weighted by molar-refractivity contribution is 9.10. The maximum Gasteiger partial charge on any atom is 0.239 e. The van der Waals surface area contributed by atoms with Gasteiger partial charge < -0.3 is 10.6 Å². The van der Waals surface area contributed by atoms with E-state index < -0.39 is 5.41 Å². The fraction of sp³-hybridized carbons (Fsp3) is 0.263. The van der Waals surface area contributed by atoms with Gasteiger partial charge in [-0.3, -0.25) is 9.59 Å². The van der Waals surface area contributed by atoms with Gasteiger partial charge in [-0.05, 0) is 50.6 Å². The molecule has 0 heterocycles. The highest BCUT2D eigenvalue weighted by atomic mass is 79.9. The summed E-state index contributed by atoms with van der Waals surface area (Å²) < 4.78 is 0.927. The van der Waals surface area contributed by atoms with Gasteiger partial charge in [-0.25, -0.2) is 0 Å². The zero-order valence-corrected chi connectivity index (χ0v) is 15.6. The van der Waals surface area contributed by atoms with Gasteiger partial charge in [0.05, 0.1) is 0 Å². The van der Waals surface area contributed by atoms with Gasteiger partial charge in [0.15, 0.2) is 0 Å². The smallest absolute Gasteiger partial charge is 0.239 e. The van der Waals surface area contributed by atoms with E-state index in [1.165, 1.54) is 0 Å². The second kappa shape index (κ2) is 7.62. The lowest BCUT2D eigenvalue weighted by Gasteiger charge is -2.23. The summed E-state index contributed by atoms with van der Waals surface area (Å²) in [6, 6.07) is 15.1. The largest absolute Gasteiger partial charge is 0.351 e. The Hall–Kier alpha value is -2.14. The molecule has 0 fully saturated rings. The van der Waals surface area contributed by atoms with E-state index in [0.29, 0.717) is 12.2 Å². The minimum absolute atomic E-state index is 0.307. The normalized spacial score (nSPS) is 11.0. The minimum atomic E-state index is -1.17. The summed E-state index contributed by atoms with van der Waals surface area (Å²) in [6.07, 6.45) is 0. The molecule has 0 saturated carbocycles. The monoisotopic (exact) mass is 388 g/mol. The van der Waals surface area contributed by atoms with Crippen molar-refractivity contribution in [3.8, 4) is 0 Å². The Morgan fingerprint density at radius 3 is 2.33 bits per heavy atom. The summed E-state index contributed by atoms with van der Waals surface area (Å²) in [6.45, 7) is 5.63. The second-order valence-corrected chi connectivity index (χ2v) is 7.17. The third-order valence-electron chi connectivity index (χ3n) is 3.77. The lowest BCUT2D eigenvalue weighted by atomic mass is 9.90. The summed E-state index contributed by atoms with van der Waals surface area (Å²) in [5, 5.41) is 5.61. The van der Waals surface area contributed by atoms with Crippen molar-refractivity contribution < 1.29 is 9.59 Å². The van der Waals surface area contributed by atoms with Crippen LogP contribution in [0.3, 0.4) is 0 Å². The highest BCUT2D eigenvalue weighted by Crippen LogP contribution is 2.21. The van der Waals surface area contributed by atoms with Crippen LogP contribution in [0.4, 0.5) is 5.69 Å². The summed E-state index contributed by atoms with van der Waals surface area (Å²) in [5.41, 5.74) is 1.63. The maximum absolute atomic E-state index is 12.4. The number of carbonyl (C=O) groups is 2. The average Bonchev–Trinajstić information content (AvgIpc) is 2.54. The lowest BCUT2D eigenvalue weighted by molar-refractivity contribution is -0.138. The molecule has 0 aliphatic carbocycles. The molecule has 0 aliphatic heterocycles. The Balaban J connectivity index is 1.98. The van der Waals surface area contributed by atoms with Crippen molar-refractivity contribution in [2.45, 2.75) is 27.3 Å². The molecule has 2 amide bonds. The Morgan fingerprint density at radius 2 is 1.71 bits per heavy atom. The van der Waals surface area contributed by atoms with E-state index in [0.717, 1.165) is 15.6 Å². The van der Waals surface area contributed by atoms with Crippen LogP contribution in [0, 0.1) is 12.3 Å². The maximum atomic E-state index is 12.4. The molecule has 4 nitrogen and oxygen atoms in total. The standard InChI is InChI=1S/C19H21BrN2O2/c1-13-5-4-6-14(11-13)12-21-17(23)19(2,3)18(24)22-16-9-7-15(20)8-10-16/h4-11H,12H2,1-3H3,(H,21,23)(H,22,24). The van der Waals surface area contributed by atoms with Crippen LogP contribution in [-0.2, 0) is 16.1 Å². The van der Waals surface area contributed by atoms with Gasteiger partial charge in [0, 0.05) is 16.7 Å². The Labute approximate surface area is 150 Å². The molecule has 0 aliphatic rings. The number of anilines is 1. The molecule has 126 valence electrons. The fourth-order valence-corrected chi connectivity index (χ4v) is 2.41. The van der Waals surface area contributed by atoms with E-state index in [-0.39, 0.29) is 11.8 Å². The third-order valence-corrected chi connectivity index (χ3v) is 4.30. The first-order valence-corrected chi connectivity index (χ1v) is 8.49. The molecule has 0 atom stereocenters. The van der Waals surface area contributed by atoms with Crippen molar-refractivity contribution >= 4 is 33.4 Å². The second-order valence-electron chi connectivity index (χ2n) is 6.26. The van der Waals surface area contributed by atoms with E-state index in [1.807, 2.05) is 43.3 Å². The number of hydrogen-bond acceptors (Lipinski definition) is 2. The van der Waals surface area contributed by atoms with Gasteiger partial charge in [-0.15, -0.1) is 0 Å². The van der Waals surface area contributed by atoms with Crippen molar-refractivity contribution in [3.63, 3.8) is 0 Å². The zero-order valence-electron chi connectivity index (χ0n) is 14.0. The molecule has 2 N–H and O–H groups in total. The van der Waals surface area contributed by atoms with Crippen molar-refractivity contribution in [2.75, 3.05) is 5.32 Å². The molecule has 2 aromatic carbocycles. The van der Waals surface area contributed by atoms with E-state index in [4.69, 9.17) is 0 Å². The molecular weight excluding hydrogens is 368 g/mol. The molecule has 0 aromatic heterocycles. The summed E-state index contributed by atoms with van der Waals surface area (Å²) in [4.78, 5) is 24.9. The molecule has 0 spiro atoms. The van der Waals surface area contributed by atoms with Crippen LogP contribution in [0.2, 0.25) is 0 Å². The third kappa shape index (κ3) is 4.68. The lowest BCUT2D eigenvalue weighted by Crippen LogP contribution is -2.44. The number of benzene rings is 2. The summed E-state index contributed by atoms with van der Waals surface area (Å²) in [5.74, 6) is -0.648. The number of nitrogens with one attached hydrogen (secondary N) is 2. The van der Waals surface area contributed by atoms with Crippen molar-refractivity contribution in [3.05, 3.63) is 64.1 Å². The zero-order chi connectivity index (χ0) is 17.7. The Morgan fingerprint density at radius 1 is 1.04 bits per heavy atom. The number of carbonyl (C=O) groups excluding carboxylic acids is 2. The van der Waals surface area contributed by atoms with E-state index in [9.17, 15) is 9.59 Å². The van der Waals surface area contributed by atoms with E-state index >= 15 is 0 Å². The van der Waals surface area contributed by atoms with Crippen LogP contribution in [0.25, 0.3) is 0 Å². The van der Waals surface area contributed by atoms with E-state index in [1.54, 1.807) is 26.0 Å². The van der Waals surface area contributed by atoms with Crippen LogP contribution in [0.15, 0.2) is 53.0 Å². The molecule has 2 rings (SSSR count). The minimum Gasteiger partial charge on any atom is -0.351 e. The molecule has 24 heavy (non-hydrogen) atoms. The number of halogens is 1. The van der Waals surface area contributed by atoms with Gasteiger partial charge in [0.25, 0.3) is 0 Å². The molecule has 0 radical (unpaired) electrons. The Bertz CT molecular complexity index is 739. The summed E-state index contributed by atoms with van der Waals surface area (Å²) in [7, 11) is 0. The van der Waals surface area contributed by atoms with Gasteiger partial charge in [-0.2, -0.15) is 0 Å². The quantitative estimate of drug-likeness (QED) is 0.759. The van der Waals surface area contributed by atoms with Crippen LogP contribution in [0.1, 0.15) is 25.0 Å². The SMILES string of the molecule is Cc1cccc(CNC(=O)C(C)(C)C(=O)Nc2ccc(Br)cc2)c1. The van der Waals surface area contributed by atoms with Crippen molar-refractivity contribution in [1.29, 1.82) is 0 Å². The van der Waals surface area contributed by atoms with Gasteiger partial charge in [-0.1, -0.05) is 45.8 Å². The molecule has 2 aromatic rings. The van der Waals surface area contributed by atoms with Crippen LogP contribution < -0.4 is 10.6 Å². The molecule has 0 saturated heterocycles. The number of rotatable bonds is 5. The van der Waals surface area contributed by atoms with Crippen LogP contribution in [-0.4, -0.2) is 11.8 Å². The number of amides is 2. The molecule has 5 heteroatoms. The molecule has 0 bridgehead atoms. The first-order chi connectivity index (χ1) is 11.3.